The Kier molecular flexibility index (Phi) is 10.9. The lowest BCUT2D eigenvalue weighted by Gasteiger charge is -2.03. The molecule has 0 unspecified atom stereocenters. The number of alkyl halides is 3. The molecule has 0 aromatic heterocycles. The molecular formula is C11H19ClF3N3. The van der Waals surface area contributed by atoms with Gasteiger partial charge in [-0.1, -0.05) is 19.8 Å². The van der Waals surface area contributed by atoms with Crippen molar-refractivity contribution >= 4 is 30.2 Å². The van der Waals surface area contributed by atoms with E-state index in [2.05, 4.69) is 15.2 Å². The number of amidine groups is 1. The van der Waals surface area contributed by atoms with Gasteiger partial charge in [0.1, 0.15) is 0 Å². The maximum atomic E-state index is 12.4. The van der Waals surface area contributed by atoms with Crippen LogP contribution in [0.4, 0.5) is 13.2 Å². The Morgan fingerprint density at radius 3 is 2.17 bits per heavy atom. The standard InChI is InChI=1S/C11H18F3N3.ClH/c1-4-5-6-7-8-15-10(11(12,13)14)17-16-9(2)3;/h8H,4-7H2,1-3H3;1H/b15-8?,17-10-;. The summed E-state index contributed by atoms with van der Waals surface area (Å²) >= 11 is 0. The van der Waals surface area contributed by atoms with E-state index in [1.807, 2.05) is 6.92 Å². The van der Waals surface area contributed by atoms with Gasteiger partial charge in [0.25, 0.3) is 5.84 Å². The van der Waals surface area contributed by atoms with Gasteiger partial charge in [-0.15, -0.1) is 17.5 Å². The highest BCUT2D eigenvalue weighted by atomic mass is 35.5. The van der Waals surface area contributed by atoms with E-state index in [4.69, 9.17) is 0 Å². The minimum atomic E-state index is -4.56. The Bertz CT molecular complexity index is 305. The number of rotatable bonds is 5. The molecule has 0 atom stereocenters. The fraction of sp³-hybridized carbons (Fsp3) is 0.727. The molecule has 106 valence electrons. The van der Waals surface area contributed by atoms with Crippen LogP contribution in [0.15, 0.2) is 15.2 Å². The predicted octanol–water partition coefficient (Wildman–Crippen LogP) is 4.42. The Labute approximate surface area is 112 Å². The van der Waals surface area contributed by atoms with Crippen molar-refractivity contribution in [3.8, 4) is 0 Å². The first kappa shape index (κ1) is 19.4. The van der Waals surface area contributed by atoms with E-state index >= 15 is 0 Å². The fourth-order valence-corrected chi connectivity index (χ4v) is 0.940. The molecule has 0 aliphatic heterocycles. The molecule has 0 amide bonds. The summed E-state index contributed by atoms with van der Waals surface area (Å²) in [5, 5.41) is 6.47. The summed E-state index contributed by atoms with van der Waals surface area (Å²) in [7, 11) is 0. The third-order valence-electron chi connectivity index (χ3n) is 1.75. The molecule has 0 bridgehead atoms. The van der Waals surface area contributed by atoms with Crippen LogP contribution in [0.5, 0.6) is 0 Å². The molecule has 0 aliphatic rings. The molecule has 0 aromatic rings. The minimum Gasteiger partial charge on any atom is -0.236 e. The van der Waals surface area contributed by atoms with Gasteiger partial charge in [0, 0.05) is 11.9 Å². The number of aliphatic imine (C=N–C) groups is 1. The molecule has 0 aliphatic carbocycles. The van der Waals surface area contributed by atoms with E-state index in [1.54, 1.807) is 13.8 Å². The average molecular weight is 286 g/mol. The number of halogens is 4. The Morgan fingerprint density at radius 2 is 1.72 bits per heavy atom. The molecule has 0 rings (SSSR count). The fourth-order valence-electron chi connectivity index (χ4n) is 0.940. The zero-order chi connectivity index (χ0) is 13.3. The van der Waals surface area contributed by atoms with Crippen LogP contribution in [-0.2, 0) is 0 Å². The number of hydrogen-bond donors (Lipinski definition) is 0. The first-order valence-electron chi connectivity index (χ1n) is 5.56. The van der Waals surface area contributed by atoms with Gasteiger partial charge < -0.3 is 0 Å². The first-order valence-corrected chi connectivity index (χ1v) is 5.56. The van der Waals surface area contributed by atoms with E-state index in [0.717, 1.165) is 19.3 Å². The summed E-state index contributed by atoms with van der Waals surface area (Å²) in [6.07, 6.45) is 0.0613. The van der Waals surface area contributed by atoms with E-state index in [1.165, 1.54) is 6.21 Å². The number of hydrogen-bond acceptors (Lipinski definition) is 2. The van der Waals surface area contributed by atoms with Crippen LogP contribution in [0.2, 0.25) is 0 Å². The van der Waals surface area contributed by atoms with Crippen LogP contribution in [0.1, 0.15) is 46.5 Å². The highest BCUT2D eigenvalue weighted by Gasteiger charge is 2.36. The smallest absolute Gasteiger partial charge is 0.236 e. The van der Waals surface area contributed by atoms with Crippen molar-refractivity contribution in [1.82, 2.24) is 0 Å². The van der Waals surface area contributed by atoms with Crippen molar-refractivity contribution in [2.75, 3.05) is 0 Å². The van der Waals surface area contributed by atoms with Crippen LogP contribution in [0.3, 0.4) is 0 Å². The molecular weight excluding hydrogens is 267 g/mol. The molecule has 0 fully saturated rings. The lowest BCUT2D eigenvalue weighted by atomic mass is 10.2. The van der Waals surface area contributed by atoms with Crippen molar-refractivity contribution in [2.45, 2.75) is 52.6 Å². The second-order valence-electron chi connectivity index (χ2n) is 3.78. The average Bonchev–Trinajstić information content (AvgIpc) is 2.19. The molecule has 0 N–H and O–H groups in total. The Hall–Kier alpha value is -0.910. The normalized spacial score (nSPS) is 12.4. The summed E-state index contributed by atoms with van der Waals surface area (Å²) in [6.45, 7) is 5.17. The molecule has 7 heteroatoms. The molecule has 18 heavy (non-hydrogen) atoms. The molecule has 0 saturated carbocycles. The highest BCUT2D eigenvalue weighted by molar-refractivity contribution is 5.94. The van der Waals surface area contributed by atoms with Crippen molar-refractivity contribution in [1.29, 1.82) is 0 Å². The lowest BCUT2D eigenvalue weighted by molar-refractivity contribution is -0.0598. The van der Waals surface area contributed by atoms with Crippen molar-refractivity contribution in [3.63, 3.8) is 0 Å². The molecule has 0 heterocycles. The molecule has 0 aromatic carbocycles. The molecule has 0 saturated heterocycles. The molecule has 0 spiro atoms. The van der Waals surface area contributed by atoms with Gasteiger partial charge in [0.15, 0.2) is 0 Å². The van der Waals surface area contributed by atoms with Gasteiger partial charge in [0.2, 0.25) is 0 Å². The summed E-state index contributed by atoms with van der Waals surface area (Å²) < 4.78 is 37.3. The third kappa shape index (κ3) is 10.3. The van der Waals surface area contributed by atoms with Crippen LogP contribution in [-0.4, -0.2) is 23.9 Å². The lowest BCUT2D eigenvalue weighted by Crippen LogP contribution is -2.20. The minimum absolute atomic E-state index is 0. The SMILES string of the molecule is CCCCCC=N/C(=N\N=C(C)C)C(F)(F)F.Cl. The summed E-state index contributed by atoms with van der Waals surface area (Å²) in [5.74, 6) is -1.20. The topological polar surface area (TPSA) is 37.1 Å². The van der Waals surface area contributed by atoms with Gasteiger partial charge in [-0.25, -0.2) is 4.99 Å². The Morgan fingerprint density at radius 1 is 1.11 bits per heavy atom. The van der Waals surface area contributed by atoms with Gasteiger partial charge >= 0.3 is 6.18 Å². The predicted molar refractivity (Wildman–Crippen MR) is 72.2 cm³/mol. The highest BCUT2D eigenvalue weighted by Crippen LogP contribution is 2.18. The van der Waals surface area contributed by atoms with Crippen LogP contribution >= 0.6 is 12.4 Å². The van der Waals surface area contributed by atoms with Crippen LogP contribution < -0.4 is 0 Å². The summed E-state index contributed by atoms with van der Waals surface area (Å²) in [5.41, 5.74) is 0.452. The van der Waals surface area contributed by atoms with Crippen molar-refractivity contribution in [3.05, 3.63) is 0 Å². The molecule has 0 radical (unpaired) electrons. The number of unbranched alkanes of at least 4 members (excludes halogenated alkanes) is 3. The van der Waals surface area contributed by atoms with Crippen LogP contribution in [0, 0.1) is 0 Å². The van der Waals surface area contributed by atoms with Gasteiger partial charge in [0.05, 0.1) is 0 Å². The second kappa shape index (κ2) is 10.1. The molecule has 3 nitrogen and oxygen atoms in total. The van der Waals surface area contributed by atoms with E-state index in [-0.39, 0.29) is 12.4 Å². The maximum absolute atomic E-state index is 12.4. The quantitative estimate of drug-likeness (QED) is 0.310. The summed E-state index contributed by atoms with van der Waals surface area (Å²) in [6, 6.07) is 0. The maximum Gasteiger partial charge on any atom is 0.453 e. The van der Waals surface area contributed by atoms with E-state index in [9.17, 15) is 13.2 Å². The van der Waals surface area contributed by atoms with E-state index in [0.29, 0.717) is 12.1 Å². The largest absolute Gasteiger partial charge is 0.453 e. The zero-order valence-electron chi connectivity index (χ0n) is 10.8. The van der Waals surface area contributed by atoms with Gasteiger partial charge in [-0.3, -0.25) is 0 Å². The van der Waals surface area contributed by atoms with Gasteiger partial charge in [-0.05, 0) is 26.7 Å². The van der Waals surface area contributed by atoms with Crippen molar-refractivity contribution in [2.24, 2.45) is 15.2 Å². The van der Waals surface area contributed by atoms with Gasteiger partial charge in [-0.2, -0.15) is 18.3 Å². The first-order chi connectivity index (χ1) is 7.88. The summed E-state index contributed by atoms with van der Waals surface area (Å²) in [4.78, 5) is 3.33. The van der Waals surface area contributed by atoms with E-state index < -0.39 is 12.0 Å². The second-order valence-corrected chi connectivity index (χ2v) is 3.78. The third-order valence-corrected chi connectivity index (χ3v) is 1.75. The van der Waals surface area contributed by atoms with Crippen molar-refractivity contribution < 1.29 is 13.2 Å². The Balaban J connectivity index is 0. The zero-order valence-corrected chi connectivity index (χ0v) is 11.6. The van der Waals surface area contributed by atoms with Crippen LogP contribution in [0.25, 0.3) is 0 Å². The number of nitrogens with zero attached hydrogens (tertiary/aromatic N) is 3. The monoisotopic (exact) mass is 285 g/mol.